The van der Waals surface area contributed by atoms with E-state index in [0.29, 0.717) is 16.9 Å². The average molecular weight is 344 g/mol. The van der Waals surface area contributed by atoms with Crippen LogP contribution in [0.15, 0.2) is 56.6 Å². The van der Waals surface area contributed by atoms with E-state index in [9.17, 15) is 13.6 Å². The number of H-pyrrole nitrogens is 1. The highest BCUT2D eigenvalue weighted by Crippen LogP contribution is 2.27. The number of thioether (sulfide) groups is 1. The second kappa shape index (κ2) is 5.76. The topological polar surface area (TPSA) is 58.9 Å². The van der Waals surface area contributed by atoms with Crippen LogP contribution in [-0.2, 0) is 5.75 Å². The van der Waals surface area contributed by atoms with Crippen molar-refractivity contribution in [2.75, 3.05) is 0 Å². The first-order valence-electron chi connectivity index (χ1n) is 7.10. The summed E-state index contributed by atoms with van der Waals surface area (Å²) < 4.78 is 32.1. The molecule has 7 heteroatoms. The number of benzene rings is 2. The van der Waals surface area contributed by atoms with Crippen LogP contribution < -0.4 is 5.56 Å². The van der Waals surface area contributed by atoms with Crippen LogP contribution in [-0.4, -0.2) is 9.97 Å². The number of furan rings is 1. The van der Waals surface area contributed by atoms with Crippen molar-refractivity contribution in [1.82, 2.24) is 9.97 Å². The normalized spacial score (nSPS) is 11.4. The van der Waals surface area contributed by atoms with Crippen molar-refractivity contribution >= 4 is 33.8 Å². The van der Waals surface area contributed by atoms with Gasteiger partial charge in [0.15, 0.2) is 0 Å². The lowest BCUT2D eigenvalue weighted by atomic mass is 10.2. The molecule has 4 nitrogen and oxygen atoms in total. The molecule has 0 unspecified atom stereocenters. The summed E-state index contributed by atoms with van der Waals surface area (Å²) in [5, 5.41) is 0.748. The number of nitrogens with one attached hydrogen (secondary N) is 1. The maximum absolute atomic E-state index is 13.7. The van der Waals surface area contributed by atoms with Gasteiger partial charge in [0.1, 0.15) is 28.6 Å². The third kappa shape index (κ3) is 2.56. The molecule has 2 heterocycles. The van der Waals surface area contributed by atoms with Gasteiger partial charge in [-0.05, 0) is 24.3 Å². The molecule has 0 radical (unpaired) electrons. The van der Waals surface area contributed by atoms with Crippen LogP contribution >= 0.6 is 11.8 Å². The summed E-state index contributed by atoms with van der Waals surface area (Å²) in [4.78, 5) is 19.5. The van der Waals surface area contributed by atoms with Gasteiger partial charge in [0.25, 0.3) is 5.56 Å². The molecule has 0 atom stereocenters. The smallest absolute Gasteiger partial charge is 0.294 e. The van der Waals surface area contributed by atoms with E-state index < -0.39 is 11.6 Å². The summed E-state index contributed by atoms with van der Waals surface area (Å²) in [5.41, 5.74) is 0.841. The van der Waals surface area contributed by atoms with Crippen LogP contribution in [0.2, 0.25) is 0 Å². The molecule has 0 fully saturated rings. The standard InChI is InChI=1S/C17H10F2N2O2S/c18-9-5-6-13(11(19)7-9)24-8-14-20-15-10-3-1-2-4-12(10)23-16(15)17(22)21-14/h1-7H,8H2,(H,20,21,22). The Morgan fingerprint density at radius 2 is 2.00 bits per heavy atom. The van der Waals surface area contributed by atoms with Crippen LogP contribution in [0, 0.1) is 11.6 Å². The molecule has 2 aromatic heterocycles. The zero-order chi connectivity index (χ0) is 16.7. The van der Waals surface area contributed by atoms with Crippen LogP contribution in [0.3, 0.4) is 0 Å². The van der Waals surface area contributed by atoms with E-state index in [1.54, 1.807) is 6.07 Å². The van der Waals surface area contributed by atoms with Gasteiger partial charge < -0.3 is 9.40 Å². The Hall–Kier alpha value is -2.67. The highest BCUT2D eigenvalue weighted by Gasteiger charge is 2.13. The van der Waals surface area contributed by atoms with Gasteiger partial charge in [0, 0.05) is 16.3 Å². The van der Waals surface area contributed by atoms with E-state index in [1.165, 1.54) is 12.1 Å². The largest absolute Gasteiger partial charge is 0.449 e. The third-order valence-electron chi connectivity index (χ3n) is 3.54. The van der Waals surface area contributed by atoms with E-state index in [2.05, 4.69) is 9.97 Å². The Bertz CT molecular complexity index is 1120. The van der Waals surface area contributed by atoms with E-state index >= 15 is 0 Å². The van der Waals surface area contributed by atoms with Gasteiger partial charge in [-0.15, -0.1) is 11.8 Å². The summed E-state index contributed by atoms with van der Waals surface area (Å²) in [6, 6.07) is 10.6. The van der Waals surface area contributed by atoms with Gasteiger partial charge >= 0.3 is 0 Å². The molecule has 4 aromatic rings. The van der Waals surface area contributed by atoms with Crippen molar-refractivity contribution in [3.8, 4) is 0 Å². The van der Waals surface area contributed by atoms with Gasteiger partial charge in [-0.1, -0.05) is 12.1 Å². The number of fused-ring (bicyclic) bond motifs is 3. The number of nitrogens with zero attached hydrogens (tertiary/aromatic N) is 1. The maximum Gasteiger partial charge on any atom is 0.294 e. The number of aromatic nitrogens is 2. The first-order valence-corrected chi connectivity index (χ1v) is 8.08. The molecule has 2 aromatic carbocycles. The highest BCUT2D eigenvalue weighted by atomic mass is 32.2. The van der Waals surface area contributed by atoms with Crippen LogP contribution in [0.1, 0.15) is 5.82 Å². The van der Waals surface area contributed by atoms with Crippen molar-refractivity contribution in [2.24, 2.45) is 0 Å². The lowest BCUT2D eigenvalue weighted by Gasteiger charge is -2.03. The molecule has 0 saturated carbocycles. The molecular weight excluding hydrogens is 334 g/mol. The Balaban J connectivity index is 1.72. The third-order valence-corrected chi connectivity index (χ3v) is 4.60. The van der Waals surface area contributed by atoms with Gasteiger partial charge in [0.2, 0.25) is 5.58 Å². The number of hydrogen-bond donors (Lipinski definition) is 1. The molecule has 4 rings (SSSR count). The molecule has 0 aliphatic rings. The molecule has 0 saturated heterocycles. The SMILES string of the molecule is O=c1[nH]c(CSc2ccc(F)cc2F)nc2c1oc1ccccc12. The van der Waals surface area contributed by atoms with Crippen molar-refractivity contribution in [1.29, 1.82) is 0 Å². The second-order valence-corrected chi connectivity index (χ2v) is 6.17. The summed E-state index contributed by atoms with van der Waals surface area (Å²) in [5.74, 6) is -0.632. The molecule has 0 aliphatic heterocycles. The lowest BCUT2D eigenvalue weighted by Crippen LogP contribution is -2.10. The van der Waals surface area contributed by atoms with Crippen LogP contribution in [0.5, 0.6) is 0 Å². The second-order valence-electron chi connectivity index (χ2n) is 5.15. The van der Waals surface area contributed by atoms with E-state index in [4.69, 9.17) is 4.42 Å². The fourth-order valence-electron chi connectivity index (χ4n) is 2.45. The minimum absolute atomic E-state index is 0.165. The molecule has 0 spiro atoms. The number of para-hydroxylation sites is 1. The average Bonchev–Trinajstić information content (AvgIpc) is 2.94. The predicted octanol–water partition coefficient (Wildman–Crippen LogP) is 4.24. The van der Waals surface area contributed by atoms with E-state index in [-0.39, 0.29) is 21.8 Å². The van der Waals surface area contributed by atoms with Crippen molar-refractivity contribution in [2.45, 2.75) is 10.6 Å². The first kappa shape index (κ1) is 14.9. The summed E-state index contributed by atoms with van der Waals surface area (Å²) in [7, 11) is 0. The van der Waals surface area contributed by atoms with Crippen LogP contribution in [0.25, 0.3) is 22.1 Å². The first-order chi connectivity index (χ1) is 11.6. The number of aromatic amines is 1. The monoisotopic (exact) mass is 344 g/mol. The lowest BCUT2D eigenvalue weighted by molar-refractivity contribution is 0.565. The van der Waals surface area contributed by atoms with Crippen molar-refractivity contribution < 1.29 is 13.2 Å². The maximum atomic E-state index is 13.7. The molecule has 120 valence electrons. The Morgan fingerprint density at radius 3 is 2.83 bits per heavy atom. The molecule has 0 aliphatic carbocycles. The summed E-state index contributed by atoms with van der Waals surface area (Å²) >= 11 is 1.13. The minimum atomic E-state index is -0.641. The molecule has 24 heavy (non-hydrogen) atoms. The Kier molecular flexibility index (Phi) is 3.57. The highest BCUT2D eigenvalue weighted by molar-refractivity contribution is 7.98. The van der Waals surface area contributed by atoms with E-state index in [0.717, 1.165) is 23.2 Å². The fraction of sp³-hybridized carbons (Fsp3) is 0.0588. The molecule has 0 amide bonds. The molecule has 0 bridgehead atoms. The predicted molar refractivity (Wildman–Crippen MR) is 88.1 cm³/mol. The number of halogens is 2. The number of hydrogen-bond acceptors (Lipinski definition) is 4. The summed E-state index contributed by atoms with van der Waals surface area (Å²) in [6.45, 7) is 0. The summed E-state index contributed by atoms with van der Waals surface area (Å²) in [6.07, 6.45) is 0. The van der Waals surface area contributed by atoms with Crippen molar-refractivity contribution in [3.63, 3.8) is 0 Å². The minimum Gasteiger partial charge on any atom is -0.449 e. The quantitative estimate of drug-likeness (QED) is 0.565. The zero-order valence-electron chi connectivity index (χ0n) is 12.2. The van der Waals surface area contributed by atoms with Crippen LogP contribution in [0.4, 0.5) is 8.78 Å². The number of rotatable bonds is 3. The molecular formula is C17H10F2N2O2S. The van der Waals surface area contributed by atoms with Gasteiger partial charge in [-0.25, -0.2) is 13.8 Å². The van der Waals surface area contributed by atoms with Gasteiger partial charge in [-0.3, -0.25) is 4.79 Å². The van der Waals surface area contributed by atoms with E-state index in [1.807, 2.05) is 18.2 Å². The van der Waals surface area contributed by atoms with Gasteiger partial charge in [-0.2, -0.15) is 0 Å². The molecule has 1 N–H and O–H groups in total. The van der Waals surface area contributed by atoms with Gasteiger partial charge in [0.05, 0.1) is 5.75 Å². The Labute approximate surface area is 138 Å². The fourth-order valence-corrected chi connectivity index (χ4v) is 3.24. The zero-order valence-corrected chi connectivity index (χ0v) is 13.0. The Morgan fingerprint density at radius 1 is 1.17 bits per heavy atom. The van der Waals surface area contributed by atoms with Crippen molar-refractivity contribution in [3.05, 3.63) is 70.3 Å².